The SMILES string of the molecule is c1cncc(C2=c3ccc(OCCCN4CCOCC4)cc3=C3CCCN3C2)c1. The highest BCUT2D eigenvalue weighted by atomic mass is 16.5. The summed E-state index contributed by atoms with van der Waals surface area (Å²) in [6, 6.07) is 10.8. The van der Waals surface area contributed by atoms with Crippen LogP contribution in [0.5, 0.6) is 5.75 Å². The van der Waals surface area contributed by atoms with E-state index in [1.807, 2.05) is 18.5 Å². The summed E-state index contributed by atoms with van der Waals surface area (Å²) >= 11 is 0. The fourth-order valence-corrected chi connectivity index (χ4v) is 4.69. The van der Waals surface area contributed by atoms with Gasteiger partial charge in [0, 0.05) is 56.0 Å². The molecule has 1 aromatic heterocycles. The van der Waals surface area contributed by atoms with Crippen LogP contribution >= 0.6 is 0 Å². The second-order valence-electron chi connectivity index (χ2n) is 8.06. The first-order chi connectivity index (χ1) is 14.4. The molecule has 0 saturated carbocycles. The molecule has 2 fully saturated rings. The molecule has 0 aliphatic carbocycles. The number of fused-ring (bicyclic) bond motifs is 2. The van der Waals surface area contributed by atoms with Crippen LogP contribution < -0.4 is 15.2 Å². The Morgan fingerprint density at radius 2 is 2.00 bits per heavy atom. The largest absolute Gasteiger partial charge is 0.494 e. The van der Waals surface area contributed by atoms with Gasteiger partial charge in [0.2, 0.25) is 0 Å². The van der Waals surface area contributed by atoms with Crippen LogP contribution in [-0.2, 0) is 4.74 Å². The molecule has 1 aromatic carbocycles. The van der Waals surface area contributed by atoms with E-state index in [2.05, 4.69) is 39.0 Å². The molecule has 152 valence electrons. The smallest absolute Gasteiger partial charge is 0.119 e. The second kappa shape index (κ2) is 8.56. The van der Waals surface area contributed by atoms with Crippen LogP contribution in [0.2, 0.25) is 0 Å². The number of pyridine rings is 1. The average Bonchev–Trinajstić information content (AvgIpc) is 3.26. The first-order valence-electron chi connectivity index (χ1n) is 10.8. The first kappa shape index (κ1) is 18.6. The van der Waals surface area contributed by atoms with E-state index in [1.165, 1.54) is 33.7 Å². The van der Waals surface area contributed by atoms with Gasteiger partial charge in [0.05, 0.1) is 19.8 Å². The van der Waals surface area contributed by atoms with Gasteiger partial charge in [0.25, 0.3) is 0 Å². The van der Waals surface area contributed by atoms with E-state index < -0.39 is 0 Å². The fraction of sp³-hybridized carbons (Fsp3) is 0.458. The summed E-state index contributed by atoms with van der Waals surface area (Å²) in [7, 11) is 0. The molecule has 0 bridgehead atoms. The lowest BCUT2D eigenvalue weighted by Crippen LogP contribution is -2.41. The molecular weight excluding hydrogens is 362 g/mol. The molecular formula is C24H29N3O2. The Kier molecular flexibility index (Phi) is 5.50. The quantitative estimate of drug-likeness (QED) is 0.700. The molecule has 2 saturated heterocycles. The highest BCUT2D eigenvalue weighted by Gasteiger charge is 2.24. The van der Waals surface area contributed by atoms with Crippen molar-refractivity contribution in [2.45, 2.75) is 19.3 Å². The van der Waals surface area contributed by atoms with Crippen molar-refractivity contribution in [3.63, 3.8) is 0 Å². The van der Waals surface area contributed by atoms with Crippen LogP contribution in [0, 0.1) is 0 Å². The monoisotopic (exact) mass is 391 g/mol. The minimum Gasteiger partial charge on any atom is -0.494 e. The maximum atomic E-state index is 6.14. The normalized spacial score (nSPS) is 19.2. The van der Waals surface area contributed by atoms with Gasteiger partial charge in [-0.15, -0.1) is 0 Å². The fourth-order valence-electron chi connectivity index (χ4n) is 4.69. The summed E-state index contributed by atoms with van der Waals surface area (Å²) < 4.78 is 11.6. The van der Waals surface area contributed by atoms with E-state index >= 15 is 0 Å². The third-order valence-electron chi connectivity index (χ3n) is 6.20. The zero-order valence-electron chi connectivity index (χ0n) is 17.0. The summed E-state index contributed by atoms with van der Waals surface area (Å²) in [5, 5.41) is 2.69. The van der Waals surface area contributed by atoms with Crippen molar-refractivity contribution in [2.75, 3.05) is 52.5 Å². The van der Waals surface area contributed by atoms with E-state index in [1.54, 1.807) is 0 Å². The lowest BCUT2D eigenvalue weighted by atomic mass is 9.98. The predicted octanol–water partition coefficient (Wildman–Crippen LogP) is 1.60. The number of benzene rings is 1. The average molecular weight is 392 g/mol. The summed E-state index contributed by atoms with van der Waals surface area (Å²) in [4.78, 5) is 9.34. The molecule has 0 radical (unpaired) electrons. The molecule has 3 aliphatic heterocycles. The third kappa shape index (κ3) is 4.02. The molecule has 5 nitrogen and oxygen atoms in total. The van der Waals surface area contributed by atoms with Gasteiger partial charge in [0.15, 0.2) is 0 Å². The van der Waals surface area contributed by atoms with Crippen molar-refractivity contribution in [3.8, 4) is 5.75 Å². The number of ether oxygens (including phenoxy) is 2. The Balaban J connectivity index is 1.37. The number of hydrogen-bond donors (Lipinski definition) is 0. The van der Waals surface area contributed by atoms with Crippen molar-refractivity contribution in [3.05, 3.63) is 58.7 Å². The molecule has 5 rings (SSSR count). The lowest BCUT2D eigenvalue weighted by Gasteiger charge is -2.27. The van der Waals surface area contributed by atoms with Crippen molar-refractivity contribution in [1.82, 2.24) is 14.8 Å². The van der Waals surface area contributed by atoms with Gasteiger partial charge in [-0.3, -0.25) is 9.88 Å². The zero-order chi connectivity index (χ0) is 19.5. The van der Waals surface area contributed by atoms with Crippen molar-refractivity contribution >= 4 is 11.3 Å². The van der Waals surface area contributed by atoms with Crippen molar-refractivity contribution in [1.29, 1.82) is 0 Å². The van der Waals surface area contributed by atoms with Gasteiger partial charge in [-0.1, -0.05) is 12.1 Å². The summed E-state index contributed by atoms with van der Waals surface area (Å²) in [5.74, 6) is 0.984. The van der Waals surface area contributed by atoms with Crippen LogP contribution in [0.1, 0.15) is 24.8 Å². The number of morpholine rings is 1. The van der Waals surface area contributed by atoms with E-state index in [-0.39, 0.29) is 0 Å². The molecule has 2 aromatic rings. The summed E-state index contributed by atoms with van der Waals surface area (Å²) in [6.45, 7) is 7.76. The Morgan fingerprint density at radius 3 is 2.86 bits per heavy atom. The van der Waals surface area contributed by atoms with Crippen LogP contribution in [0.3, 0.4) is 0 Å². The van der Waals surface area contributed by atoms with Crippen LogP contribution in [0.15, 0.2) is 42.7 Å². The first-order valence-corrected chi connectivity index (χ1v) is 10.8. The molecule has 3 aliphatic rings. The molecule has 0 atom stereocenters. The molecule has 0 N–H and O–H groups in total. The minimum atomic E-state index is 0.758. The third-order valence-corrected chi connectivity index (χ3v) is 6.20. The Morgan fingerprint density at radius 1 is 1.07 bits per heavy atom. The minimum absolute atomic E-state index is 0.758. The predicted molar refractivity (Wildman–Crippen MR) is 114 cm³/mol. The Labute approximate surface area is 172 Å². The van der Waals surface area contributed by atoms with E-state index in [4.69, 9.17) is 9.47 Å². The highest BCUT2D eigenvalue weighted by molar-refractivity contribution is 5.71. The van der Waals surface area contributed by atoms with Gasteiger partial charge in [0.1, 0.15) is 5.75 Å². The topological polar surface area (TPSA) is 37.8 Å². The number of hydrogen-bond acceptors (Lipinski definition) is 5. The van der Waals surface area contributed by atoms with Crippen molar-refractivity contribution < 1.29 is 9.47 Å². The maximum Gasteiger partial charge on any atom is 0.119 e. The molecule has 0 spiro atoms. The zero-order valence-corrected chi connectivity index (χ0v) is 17.0. The van der Waals surface area contributed by atoms with Crippen LogP contribution in [-0.4, -0.2) is 67.3 Å². The molecule has 29 heavy (non-hydrogen) atoms. The second-order valence-corrected chi connectivity index (χ2v) is 8.06. The van der Waals surface area contributed by atoms with Crippen LogP contribution in [0.25, 0.3) is 11.3 Å². The highest BCUT2D eigenvalue weighted by Crippen LogP contribution is 2.26. The van der Waals surface area contributed by atoms with Gasteiger partial charge < -0.3 is 14.4 Å². The summed E-state index contributed by atoms with van der Waals surface area (Å²) in [6.07, 6.45) is 7.27. The number of aromatic nitrogens is 1. The summed E-state index contributed by atoms with van der Waals surface area (Å²) in [5.41, 5.74) is 4.07. The van der Waals surface area contributed by atoms with Gasteiger partial charge in [-0.25, -0.2) is 0 Å². The maximum absolute atomic E-state index is 6.14. The standard InChI is InChI=1S/C24H29N3O2/c1-4-19(17-25-8-1)23-18-27-10-2-5-24(27)22-16-20(6-7-21(22)23)29-13-3-9-26-11-14-28-15-12-26/h1,4,6-8,16-17H,2-3,5,9-15,18H2. The van der Waals surface area contributed by atoms with E-state index in [0.717, 1.165) is 71.1 Å². The van der Waals surface area contributed by atoms with Crippen LogP contribution in [0.4, 0.5) is 0 Å². The van der Waals surface area contributed by atoms with E-state index in [0.29, 0.717) is 0 Å². The molecule has 5 heteroatoms. The molecule has 0 unspecified atom stereocenters. The van der Waals surface area contributed by atoms with Crippen molar-refractivity contribution in [2.24, 2.45) is 0 Å². The molecule has 0 amide bonds. The number of rotatable bonds is 6. The lowest BCUT2D eigenvalue weighted by molar-refractivity contribution is 0.0358. The van der Waals surface area contributed by atoms with Gasteiger partial charge in [-0.05, 0) is 53.8 Å². The van der Waals surface area contributed by atoms with Gasteiger partial charge in [-0.2, -0.15) is 0 Å². The Bertz CT molecular complexity index is 967. The number of nitrogens with zero attached hydrogens (tertiary/aromatic N) is 3. The van der Waals surface area contributed by atoms with E-state index in [9.17, 15) is 0 Å². The van der Waals surface area contributed by atoms with Gasteiger partial charge >= 0.3 is 0 Å². The Hall–Kier alpha value is -2.37. The molecule has 4 heterocycles.